The average Bonchev–Trinajstić information content (AvgIpc) is 2.33. The lowest BCUT2D eigenvalue weighted by molar-refractivity contribution is 0.258. The van der Waals surface area contributed by atoms with Crippen molar-refractivity contribution in [2.75, 3.05) is 25.4 Å². The summed E-state index contributed by atoms with van der Waals surface area (Å²) in [5.41, 5.74) is 7.87. The third kappa shape index (κ3) is 4.57. The molecule has 1 aromatic carbocycles. The van der Waals surface area contributed by atoms with Gasteiger partial charge in [-0.1, -0.05) is 13.8 Å². The van der Waals surface area contributed by atoms with Gasteiger partial charge in [0.25, 0.3) is 0 Å². The van der Waals surface area contributed by atoms with Gasteiger partial charge in [0.15, 0.2) is 0 Å². The third-order valence-electron chi connectivity index (χ3n) is 2.86. The lowest BCUT2D eigenvalue weighted by Crippen LogP contribution is -2.25. The van der Waals surface area contributed by atoms with Crippen LogP contribution in [-0.4, -0.2) is 24.6 Å². The van der Waals surface area contributed by atoms with Crippen LogP contribution in [0, 0.1) is 0 Å². The van der Waals surface area contributed by atoms with E-state index in [4.69, 9.17) is 10.5 Å². The minimum absolute atomic E-state index is 0.693. The molecule has 0 heterocycles. The van der Waals surface area contributed by atoms with Crippen molar-refractivity contribution in [1.82, 2.24) is 4.90 Å². The van der Waals surface area contributed by atoms with E-state index < -0.39 is 0 Å². The monoisotopic (exact) mass is 250 g/mol. The standard InChI is InChI=1S/C15H26N2O/c1-4-9-17(10-5-2)12-13-11-14(16)7-8-15(13)18-6-3/h7-8,11H,4-6,9-10,12,16H2,1-3H3. The largest absolute Gasteiger partial charge is 0.494 e. The molecule has 0 saturated heterocycles. The van der Waals surface area contributed by atoms with Crippen molar-refractivity contribution in [3.8, 4) is 5.75 Å². The van der Waals surface area contributed by atoms with E-state index in [2.05, 4.69) is 18.7 Å². The molecule has 0 saturated carbocycles. The van der Waals surface area contributed by atoms with Crippen molar-refractivity contribution in [3.05, 3.63) is 23.8 Å². The average molecular weight is 250 g/mol. The number of rotatable bonds is 8. The van der Waals surface area contributed by atoms with Crippen LogP contribution in [0.2, 0.25) is 0 Å². The highest BCUT2D eigenvalue weighted by molar-refractivity contribution is 5.47. The van der Waals surface area contributed by atoms with E-state index in [1.54, 1.807) is 0 Å². The topological polar surface area (TPSA) is 38.5 Å². The summed E-state index contributed by atoms with van der Waals surface area (Å²) in [6, 6.07) is 5.91. The summed E-state index contributed by atoms with van der Waals surface area (Å²) in [7, 11) is 0. The number of benzene rings is 1. The Bertz CT molecular complexity index is 346. The molecule has 1 aromatic rings. The van der Waals surface area contributed by atoms with Crippen LogP contribution in [0.3, 0.4) is 0 Å². The van der Waals surface area contributed by atoms with Crippen molar-refractivity contribution in [2.24, 2.45) is 0 Å². The van der Waals surface area contributed by atoms with Crippen LogP contribution >= 0.6 is 0 Å². The molecule has 0 fully saturated rings. The molecular formula is C15H26N2O. The normalized spacial score (nSPS) is 10.9. The molecular weight excluding hydrogens is 224 g/mol. The molecule has 0 radical (unpaired) electrons. The first-order chi connectivity index (χ1) is 8.71. The Labute approximate surface area is 111 Å². The van der Waals surface area contributed by atoms with Crippen LogP contribution in [0.5, 0.6) is 5.75 Å². The molecule has 0 unspecified atom stereocenters. The number of nitrogens with two attached hydrogens (primary N) is 1. The molecule has 0 bridgehead atoms. The van der Waals surface area contributed by atoms with Crippen LogP contribution in [-0.2, 0) is 6.54 Å². The van der Waals surface area contributed by atoms with Crippen LogP contribution in [0.1, 0.15) is 39.2 Å². The van der Waals surface area contributed by atoms with Gasteiger partial charge in [-0.3, -0.25) is 4.90 Å². The summed E-state index contributed by atoms with van der Waals surface area (Å²) in [6.07, 6.45) is 2.35. The van der Waals surface area contributed by atoms with Crippen LogP contribution in [0.15, 0.2) is 18.2 Å². The van der Waals surface area contributed by atoms with E-state index in [-0.39, 0.29) is 0 Å². The molecule has 0 amide bonds. The maximum absolute atomic E-state index is 5.87. The molecule has 2 N–H and O–H groups in total. The van der Waals surface area contributed by atoms with Crippen LogP contribution < -0.4 is 10.5 Å². The number of nitrogens with zero attached hydrogens (tertiary/aromatic N) is 1. The second kappa shape index (κ2) is 7.98. The van der Waals surface area contributed by atoms with Crippen molar-refractivity contribution >= 4 is 5.69 Å². The molecule has 0 aromatic heterocycles. The van der Waals surface area contributed by atoms with E-state index in [1.165, 1.54) is 18.4 Å². The van der Waals surface area contributed by atoms with E-state index >= 15 is 0 Å². The second-order valence-electron chi connectivity index (χ2n) is 4.58. The lowest BCUT2D eigenvalue weighted by atomic mass is 10.1. The number of nitrogen functional groups attached to an aromatic ring is 1. The van der Waals surface area contributed by atoms with Gasteiger partial charge in [0.2, 0.25) is 0 Å². The summed E-state index contributed by atoms with van der Waals surface area (Å²) in [5, 5.41) is 0. The minimum atomic E-state index is 0.693. The first kappa shape index (κ1) is 14.8. The molecule has 3 nitrogen and oxygen atoms in total. The lowest BCUT2D eigenvalue weighted by Gasteiger charge is -2.22. The number of hydrogen-bond donors (Lipinski definition) is 1. The summed E-state index contributed by atoms with van der Waals surface area (Å²) in [4.78, 5) is 2.46. The first-order valence-electron chi connectivity index (χ1n) is 6.94. The SMILES string of the molecule is CCCN(CCC)Cc1cc(N)ccc1OCC. The fourth-order valence-electron chi connectivity index (χ4n) is 2.16. The molecule has 0 aliphatic carbocycles. The zero-order valence-corrected chi connectivity index (χ0v) is 11.9. The zero-order valence-electron chi connectivity index (χ0n) is 11.9. The predicted octanol–water partition coefficient (Wildman–Crippen LogP) is 3.29. The first-order valence-corrected chi connectivity index (χ1v) is 6.94. The van der Waals surface area contributed by atoms with Crippen LogP contribution in [0.4, 0.5) is 5.69 Å². The van der Waals surface area contributed by atoms with Crippen molar-refractivity contribution in [3.63, 3.8) is 0 Å². The Morgan fingerprint density at radius 3 is 2.33 bits per heavy atom. The fraction of sp³-hybridized carbons (Fsp3) is 0.600. The minimum Gasteiger partial charge on any atom is -0.494 e. The Hall–Kier alpha value is -1.22. The molecule has 0 spiro atoms. The van der Waals surface area contributed by atoms with Gasteiger partial charge < -0.3 is 10.5 Å². The Kier molecular flexibility index (Phi) is 6.58. The van der Waals surface area contributed by atoms with Gasteiger partial charge in [0.05, 0.1) is 6.61 Å². The van der Waals surface area contributed by atoms with Gasteiger partial charge in [-0.2, -0.15) is 0 Å². The van der Waals surface area contributed by atoms with E-state index in [9.17, 15) is 0 Å². The maximum atomic E-state index is 5.87. The van der Waals surface area contributed by atoms with Gasteiger partial charge >= 0.3 is 0 Å². The Balaban J connectivity index is 2.81. The van der Waals surface area contributed by atoms with Crippen LogP contribution in [0.25, 0.3) is 0 Å². The molecule has 0 aliphatic heterocycles. The smallest absolute Gasteiger partial charge is 0.123 e. The second-order valence-corrected chi connectivity index (χ2v) is 4.58. The van der Waals surface area contributed by atoms with Crippen molar-refractivity contribution in [2.45, 2.75) is 40.2 Å². The molecule has 1 rings (SSSR count). The molecule has 0 atom stereocenters. The highest BCUT2D eigenvalue weighted by atomic mass is 16.5. The van der Waals surface area contributed by atoms with Gasteiger partial charge in [-0.15, -0.1) is 0 Å². The highest BCUT2D eigenvalue weighted by Gasteiger charge is 2.09. The quantitative estimate of drug-likeness (QED) is 0.719. The predicted molar refractivity (Wildman–Crippen MR) is 77.9 cm³/mol. The Morgan fingerprint density at radius 2 is 1.78 bits per heavy atom. The molecule has 0 aliphatic rings. The molecule has 102 valence electrons. The Morgan fingerprint density at radius 1 is 1.11 bits per heavy atom. The maximum Gasteiger partial charge on any atom is 0.123 e. The van der Waals surface area contributed by atoms with Gasteiger partial charge in [-0.25, -0.2) is 0 Å². The van der Waals surface area contributed by atoms with E-state index in [1.807, 2.05) is 25.1 Å². The van der Waals surface area contributed by atoms with Gasteiger partial charge in [-0.05, 0) is 51.1 Å². The summed E-state index contributed by atoms with van der Waals surface area (Å²) in [6.45, 7) is 10.3. The fourth-order valence-corrected chi connectivity index (χ4v) is 2.16. The molecule has 3 heteroatoms. The van der Waals surface area contributed by atoms with E-state index in [0.29, 0.717) is 6.61 Å². The van der Waals surface area contributed by atoms with Crippen molar-refractivity contribution < 1.29 is 4.74 Å². The molecule has 18 heavy (non-hydrogen) atoms. The summed E-state index contributed by atoms with van der Waals surface area (Å²) >= 11 is 0. The number of anilines is 1. The van der Waals surface area contributed by atoms with Gasteiger partial charge in [0.1, 0.15) is 5.75 Å². The number of ether oxygens (including phenoxy) is 1. The zero-order chi connectivity index (χ0) is 13.4. The number of hydrogen-bond acceptors (Lipinski definition) is 3. The highest BCUT2D eigenvalue weighted by Crippen LogP contribution is 2.23. The summed E-state index contributed by atoms with van der Waals surface area (Å²) < 4.78 is 5.67. The van der Waals surface area contributed by atoms with Gasteiger partial charge in [0, 0.05) is 17.8 Å². The van der Waals surface area contributed by atoms with Crippen molar-refractivity contribution in [1.29, 1.82) is 0 Å². The summed E-state index contributed by atoms with van der Waals surface area (Å²) in [5.74, 6) is 0.962. The van der Waals surface area contributed by atoms with E-state index in [0.717, 1.165) is 31.1 Å². The third-order valence-corrected chi connectivity index (χ3v) is 2.86.